The van der Waals surface area contributed by atoms with Crippen molar-refractivity contribution in [2.45, 2.75) is 24.2 Å². The van der Waals surface area contributed by atoms with Crippen LogP contribution in [0.5, 0.6) is 0 Å². The number of benzene rings is 1. The van der Waals surface area contributed by atoms with Gasteiger partial charge in [0.15, 0.2) is 6.54 Å². The number of methoxy groups -OCH3 is 1. The average Bonchev–Trinajstić information content (AvgIpc) is 3.09. The van der Waals surface area contributed by atoms with Gasteiger partial charge >= 0.3 is 6.09 Å². The summed E-state index contributed by atoms with van der Waals surface area (Å²) in [6.45, 7) is 1.83. The summed E-state index contributed by atoms with van der Waals surface area (Å²) in [4.78, 5) is 24.0. The molecule has 2 aliphatic rings. The predicted octanol–water partition coefficient (Wildman–Crippen LogP) is -1.05. The van der Waals surface area contributed by atoms with Crippen LogP contribution in [0.15, 0.2) is 23.1 Å². The first kappa shape index (κ1) is 18.8. The van der Waals surface area contributed by atoms with Gasteiger partial charge in [0, 0.05) is 0 Å². The molecule has 1 saturated heterocycles. The number of amides is 2. The van der Waals surface area contributed by atoms with Crippen molar-refractivity contribution in [3.63, 3.8) is 0 Å². The summed E-state index contributed by atoms with van der Waals surface area (Å²) in [7, 11) is -2.32. The highest BCUT2D eigenvalue weighted by atomic mass is 32.2. The van der Waals surface area contributed by atoms with E-state index >= 15 is 0 Å². The number of quaternary nitrogens is 1. The minimum atomic E-state index is -3.51. The third kappa shape index (κ3) is 4.05. The summed E-state index contributed by atoms with van der Waals surface area (Å²) in [5.41, 5.74) is 2.38. The van der Waals surface area contributed by atoms with Gasteiger partial charge in [-0.25, -0.2) is 13.2 Å². The standard InChI is InChI=1S/C17H23N3O5S/c1-25-17(22)18-16(21)12-19-7-9-20(10-8-19)26(23,24)15-6-5-13-3-2-4-14(13)11-15/h5-6,11H,2-4,7-10,12H2,1H3,(H,18,21,22)/p+1. The van der Waals surface area contributed by atoms with E-state index in [0.717, 1.165) is 29.7 Å². The number of ether oxygens (including phenoxy) is 1. The van der Waals surface area contributed by atoms with Crippen LogP contribution in [0.1, 0.15) is 17.5 Å². The number of hydrogen-bond donors (Lipinski definition) is 2. The van der Waals surface area contributed by atoms with Gasteiger partial charge < -0.3 is 9.64 Å². The van der Waals surface area contributed by atoms with Gasteiger partial charge in [-0.15, -0.1) is 0 Å². The molecule has 0 spiro atoms. The van der Waals surface area contributed by atoms with Crippen LogP contribution in [-0.2, 0) is 32.4 Å². The highest BCUT2D eigenvalue weighted by Gasteiger charge is 2.32. The number of nitrogens with one attached hydrogen (secondary N) is 2. The molecule has 142 valence electrons. The molecule has 3 rings (SSSR count). The molecule has 0 atom stereocenters. The third-order valence-electron chi connectivity index (χ3n) is 4.97. The maximum absolute atomic E-state index is 12.9. The van der Waals surface area contributed by atoms with Crippen LogP contribution < -0.4 is 10.2 Å². The summed E-state index contributed by atoms with van der Waals surface area (Å²) in [6, 6.07) is 5.43. The van der Waals surface area contributed by atoms with Gasteiger partial charge in [-0.05, 0) is 42.5 Å². The van der Waals surface area contributed by atoms with Gasteiger partial charge in [-0.3, -0.25) is 10.1 Å². The number of fused-ring (bicyclic) bond motifs is 1. The Hall–Kier alpha value is -1.97. The molecule has 1 aliphatic heterocycles. The number of rotatable bonds is 4. The number of carbonyl (C=O) groups is 2. The lowest BCUT2D eigenvalue weighted by Crippen LogP contribution is -3.15. The Balaban J connectivity index is 1.59. The monoisotopic (exact) mass is 382 g/mol. The number of sulfonamides is 1. The minimum Gasteiger partial charge on any atom is -0.453 e. The molecule has 0 aromatic heterocycles. The molecule has 0 unspecified atom stereocenters. The Morgan fingerprint density at radius 3 is 2.58 bits per heavy atom. The smallest absolute Gasteiger partial charge is 0.413 e. The molecule has 0 bridgehead atoms. The average molecular weight is 382 g/mol. The highest BCUT2D eigenvalue weighted by molar-refractivity contribution is 7.89. The normalized spacial score (nSPS) is 18.3. The molecule has 1 aromatic carbocycles. The van der Waals surface area contributed by atoms with Crippen LogP contribution in [0.25, 0.3) is 0 Å². The molecule has 0 radical (unpaired) electrons. The van der Waals surface area contributed by atoms with Crippen LogP contribution in [-0.4, -0.2) is 64.6 Å². The number of hydrogen-bond acceptors (Lipinski definition) is 5. The van der Waals surface area contributed by atoms with Crippen molar-refractivity contribution in [1.29, 1.82) is 0 Å². The topological polar surface area (TPSA) is 97.2 Å². The molecule has 26 heavy (non-hydrogen) atoms. The van der Waals surface area contributed by atoms with Gasteiger partial charge in [-0.1, -0.05) is 6.07 Å². The van der Waals surface area contributed by atoms with Crippen molar-refractivity contribution in [1.82, 2.24) is 9.62 Å². The van der Waals surface area contributed by atoms with Gasteiger partial charge in [-0.2, -0.15) is 4.31 Å². The number of carbonyl (C=O) groups excluding carboxylic acids is 2. The Morgan fingerprint density at radius 1 is 1.19 bits per heavy atom. The second kappa shape index (κ2) is 7.73. The van der Waals surface area contributed by atoms with Gasteiger partial charge in [0.25, 0.3) is 5.91 Å². The van der Waals surface area contributed by atoms with E-state index in [1.807, 2.05) is 6.07 Å². The van der Waals surface area contributed by atoms with Crippen LogP contribution >= 0.6 is 0 Å². The van der Waals surface area contributed by atoms with Crippen molar-refractivity contribution in [3.8, 4) is 0 Å². The van der Waals surface area contributed by atoms with Crippen LogP contribution in [0.3, 0.4) is 0 Å². The lowest BCUT2D eigenvalue weighted by molar-refractivity contribution is -0.895. The van der Waals surface area contributed by atoms with E-state index in [1.54, 1.807) is 12.1 Å². The summed E-state index contributed by atoms with van der Waals surface area (Å²) in [5, 5.41) is 2.12. The van der Waals surface area contributed by atoms with E-state index in [1.165, 1.54) is 17.0 Å². The molecular formula is C17H24N3O5S+. The zero-order chi connectivity index (χ0) is 18.7. The Kier molecular flexibility index (Phi) is 5.59. The van der Waals surface area contributed by atoms with E-state index in [9.17, 15) is 18.0 Å². The number of aryl methyl sites for hydroxylation is 2. The zero-order valence-corrected chi connectivity index (χ0v) is 15.6. The van der Waals surface area contributed by atoms with Gasteiger partial charge in [0.05, 0.1) is 38.2 Å². The zero-order valence-electron chi connectivity index (χ0n) is 14.8. The third-order valence-corrected chi connectivity index (χ3v) is 6.87. The van der Waals surface area contributed by atoms with Crippen molar-refractivity contribution < 1.29 is 27.6 Å². The fourth-order valence-corrected chi connectivity index (χ4v) is 5.01. The van der Waals surface area contributed by atoms with Crippen LogP contribution in [0.4, 0.5) is 4.79 Å². The van der Waals surface area contributed by atoms with Crippen LogP contribution in [0.2, 0.25) is 0 Å². The molecule has 9 heteroatoms. The van der Waals surface area contributed by atoms with Crippen molar-refractivity contribution in [3.05, 3.63) is 29.3 Å². The molecule has 1 fully saturated rings. The fraction of sp³-hybridized carbons (Fsp3) is 0.529. The summed E-state index contributed by atoms with van der Waals surface area (Å²) in [6.07, 6.45) is 2.25. The number of alkyl carbamates (subject to hydrolysis) is 1. The maximum Gasteiger partial charge on any atom is 0.413 e. The van der Waals surface area contributed by atoms with Gasteiger partial charge in [0.2, 0.25) is 10.0 Å². The Morgan fingerprint density at radius 2 is 1.88 bits per heavy atom. The number of piperazine rings is 1. The number of nitrogens with zero attached hydrogens (tertiary/aromatic N) is 1. The van der Waals surface area contributed by atoms with Crippen LogP contribution in [0, 0.1) is 0 Å². The largest absolute Gasteiger partial charge is 0.453 e. The Labute approximate surface area is 153 Å². The van der Waals surface area contributed by atoms with E-state index < -0.39 is 22.0 Å². The fourth-order valence-electron chi connectivity index (χ4n) is 3.51. The molecule has 8 nitrogen and oxygen atoms in total. The van der Waals surface area contributed by atoms with Crippen molar-refractivity contribution in [2.75, 3.05) is 39.8 Å². The number of imide groups is 1. The molecule has 1 aromatic rings. The van der Waals surface area contributed by atoms with Crippen molar-refractivity contribution in [2.24, 2.45) is 0 Å². The van der Waals surface area contributed by atoms with Gasteiger partial charge in [0.1, 0.15) is 0 Å². The summed E-state index contributed by atoms with van der Waals surface area (Å²) in [5.74, 6) is -0.429. The molecule has 2 amide bonds. The highest BCUT2D eigenvalue weighted by Crippen LogP contribution is 2.26. The summed E-state index contributed by atoms with van der Waals surface area (Å²) < 4.78 is 31.6. The quantitative estimate of drug-likeness (QED) is 0.692. The molecule has 2 N–H and O–H groups in total. The van der Waals surface area contributed by atoms with E-state index in [-0.39, 0.29) is 6.54 Å². The van der Waals surface area contributed by atoms with E-state index in [2.05, 4.69) is 10.1 Å². The SMILES string of the molecule is COC(=O)NC(=O)C[NH+]1CCN(S(=O)(=O)c2ccc3c(c2)CCC3)CC1. The van der Waals surface area contributed by atoms with E-state index in [0.29, 0.717) is 31.1 Å². The molecule has 0 saturated carbocycles. The lowest BCUT2D eigenvalue weighted by atomic mass is 10.1. The summed E-state index contributed by atoms with van der Waals surface area (Å²) >= 11 is 0. The Bertz CT molecular complexity index is 801. The molecule has 1 heterocycles. The second-order valence-corrected chi connectivity index (χ2v) is 8.59. The predicted molar refractivity (Wildman–Crippen MR) is 93.3 cm³/mol. The minimum absolute atomic E-state index is 0.113. The van der Waals surface area contributed by atoms with E-state index in [4.69, 9.17) is 0 Å². The lowest BCUT2D eigenvalue weighted by Gasteiger charge is -2.31. The second-order valence-electron chi connectivity index (χ2n) is 6.65. The maximum atomic E-state index is 12.9. The molecule has 1 aliphatic carbocycles. The first-order valence-electron chi connectivity index (χ1n) is 8.73. The van der Waals surface area contributed by atoms with Crippen molar-refractivity contribution >= 4 is 22.0 Å². The first-order valence-corrected chi connectivity index (χ1v) is 10.2. The molecular weight excluding hydrogens is 358 g/mol. The first-order chi connectivity index (χ1) is 12.4.